The molecule has 2 aliphatic rings. The summed E-state index contributed by atoms with van der Waals surface area (Å²) in [5.41, 5.74) is -0.593. The number of pyridine rings is 1. The normalized spacial score (nSPS) is 17.2. The number of para-hydroxylation sites is 1. The van der Waals surface area contributed by atoms with Crippen molar-refractivity contribution >= 4 is 40.1 Å². The van der Waals surface area contributed by atoms with E-state index in [1.54, 1.807) is 38.1 Å². The predicted molar refractivity (Wildman–Crippen MR) is 213 cm³/mol. The number of fused-ring (bicyclic) bond motifs is 2. The molecule has 0 bridgehead atoms. The molecule has 5 aromatic rings. The van der Waals surface area contributed by atoms with Crippen LogP contribution in [0.3, 0.4) is 0 Å². The molecule has 3 aromatic carbocycles. The van der Waals surface area contributed by atoms with Gasteiger partial charge in [-0.25, -0.2) is 4.98 Å². The van der Waals surface area contributed by atoms with Crippen LogP contribution in [0, 0.1) is 5.92 Å². The predicted octanol–water partition coefficient (Wildman–Crippen LogP) is 7.91. The number of carbonyl (C=O) groups excluding carboxylic acids is 4. The van der Waals surface area contributed by atoms with E-state index in [1.807, 2.05) is 35.1 Å². The van der Waals surface area contributed by atoms with Crippen LogP contribution in [0.5, 0.6) is 11.5 Å². The number of carbonyl (C=O) groups is 4. The first-order chi connectivity index (χ1) is 28.2. The van der Waals surface area contributed by atoms with Gasteiger partial charge in [-0.2, -0.15) is 18.3 Å². The summed E-state index contributed by atoms with van der Waals surface area (Å²) in [6.45, 7) is 4.95. The van der Waals surface area contributed by atoms with Crippen molar-refractivity contribution in [3.05, 3.63) is 113 Å². The topological polar surface area (TPSA) is 165 Å². The monoisotopic (exact) mass is 810 g/mol. The standard InChI is InChI=1S/C44H45F3N6O6/c1-43(2,58)31-23-33-28(22-34(31)50-40(55)32-13-9-16-37(49-32)44(45,46)47)25-53(52-33)29-19-17-26(18-20-29)24-48-21-7-3-4-10-27-11-5-6-14-35(27)59-36-15-8-12-30-38(36)41(56)51-42(57)39(30)54/h5-6,8-9,11-16,22-23,25-26,29,48,58H,3-4,7,10,17-21,24H2,1-2H3,(H,50,55)(H,51,56,57)/t26-,29-. The number of aliphatic hydroxyl groups is 1. The van der Waals surface area contributed by atoms with Gasteiger partial charge in [0.15, 0.2) is 0 Å². The van der Waals surface area contributed by atoms with Gasteiger partial charge in [0.25, 0.3) is 23.5 Å². The number of nitrogens with one attached hydrogen (secondary N) is 3. The maximum absolute atomic E-state index is 13.2. The Morgan fingerprint density at radius 1 is 0.915 bits per heavy atom. The molecule has 0 radical (unpaired) electrons. The molecule has 1 aliphatic carbocycles. The molecule has 3 heterocycles. The lowest BCUT2D eigenvalue weighted by Gasteiger charge is -2.28. The third-order valence-corrected chi connectivity index (χ3v) is 10.9. The van der Waals surface area contributed by atoms with E-state index in [0.717, 1.165) is 87.5 Å². The summed E-state index contributed by atoms with van der Waals surface area (Å²) in [5.74, 6) is -1.84. The highest BCUT2D eigenvalue weighted by atomic mass is 19.4. The van der Waals surface area contributed by atoms with Gasteiger partial charge in [0.1, 0.15) is 22.9 Å². The summed E-state index contributed by atoms with van der Waals surface area (Å²) in [6.07, 6.45) is 4.87. The Morgan fingerprint density at radius 3 is 2.42 bits per heavy atom. The SMILES string of the molecule is CC(C)(O)c1cc2nn([C@H]3CC[C@H](CNCCCCCc4ccccc4Oc4cccc5c4C(=O)NC(=O)C5=O)CC3)cc2cc1NC(=O)c1cccc(C(F)(F)F)n1. The van der Waals surface area contributed by atoms with E-state index in [1.165, 1.54) is 12.1 Å². The number of rotatable bonds is 14. The second-order valence-electron chi connectivity index (χ2n) is 15.7. The number of benzene rings is 3. The Morgan fingerprint density at radius 2 is 1.66 bits per heavy atom. The maximum atomic E-state index is 13.2. The number of ketones is 1. The lowest BCUT2D eigenvalue weighted by molar-refractivity contribution is -0.141. The molecule has 7 rings (SSSR count). The van der Waals surface area contributed by atoms with Crippen molar-refractivity contribution in [2.24, 2.45) is 5.92 Å². The summed E-state index contributed by atoms with van der Waals surface area (Å²) in [7, 11) is 0. The molecule has 0 unspecified atom stereocenters. The Kier molecular flexibility index (Phi) is 12.0. The smallest absolute Gasteiger partial charge is 0.433 e. The Hall–Kier alpha value is -5.93. The molecule has 0 atom stereocenters. The summed E-state index contributed by atoms with van der Waals surface area (Å²) in [6, 6.07) is 19.0. The number of halogens is 3. The van der Waals surface area contributed by atoms with Crippen LogP contribution < -0.4 is 20.7 Å². The quantitative estimate of drug-likeness (QED) is 0.0496. The number of aromatic nitrogens is 3. The van der Waals surface area contributed by atoms with E-state index in [9.17, 15) is 37.5 Å². The van der Waals surface area contributed by atoms with Gasteiger partial charge in [-0.15, -0.1) is 0 Å². The molecule has 0 spiro atoms. The van der Waals surface area contributed by atoms with Gasteiger partial charge in [-0.3, -0.25) is 29.2 Å². The van der Waals surface area contributed by atoms with Gasteiger partial charge in [0.2, 0.25) is 0 Å². The van der Waals surface area contributed by atoms with Crippen molar-refractivity contribution < 1.29 is 42.2 Å². The second kappa shape index (κ2) is 17.1. The average molecular weight is 811 g/mol. The molecule has 308 valence electrons. The van der Waals surface area contributed by atoms with Crippen molar-refractivity contribution in [2.45, 2.75) is 83.0 Å². The Bertz CT molecular complexity index is 2400. The van der Waals surface area contributed by atoms with Crippen molar-refractivity contribution in [1.82, 2.24) is 25.4 Å². The molecule has 0 saturated heterocycles. The number of Topliss-reactive ketones (excluding diaryl/α,β-unsaturated/α-hetero) is 1. The first kappa shape index (κ1) is 41.2. The first-order valence-corrected chi connectivity index (χ1v) is 19.8. The fourth-order valence-electron chi connectivity index (χ4n) is 7.77. The molecule has 15 heteroatoms. The number of amides is 3. The second-order valence-corrected chi connectivity index (χ2v) is 15.7. The molecule has 1 fully saturated rings. The van der Waals surface area contributed by atoms with Crippen molar-refractivity contribution in [3.63, 3.8) is 0 Å². The first-order valence-electron chi connectivity index (χ1n) is 19.8. The maximum Gasteiger partial charge on any atom is 0.433 e. The number of imide groups is 1. The van der Waals surface area contributed by atoms with Crippen LogP contribution in [-0.2, 0) is 23.0 Å². The molecule has 4 N–H and O–H groups in total. The van der Waals surface area contributed by atoms with Gasteiger partial charge < -0.3 is 20.5 Å². The van der Waals surface area contributed by atoms with E-state index in [4.69, 9.17) is 9.84 Å². The van der Waals surface area contributed by atoms with Crippen LogP contribution in [-0.4, -0.2) is 56.5 Å². The molecule has 59 heavy (non-hydrogen) atoms. The van der Waals surface area contributed by atoms with Crippen LogP contribution in [0.2, 0.25) is 0 Å². The van der Waals surface area contributed by atoms with E-state index in [-0.39, 0.29) is 28.6 Å². The highest BCUT2D eigenvalue weighted by molar-refractivity contribution is 6.49. The van der Waals surface area contributed by atoms with E-state index >= 15 is 0 Å². The number of unbranched alkanes of at least 4 members (excludes halogenated alkanes) is 2. The summed E-state index contributed by atoms with van der Waals surface area (Å²) in [5, 5.41) is 24.9. The summed E-state index contributed by atoms with van der Waals surface area (Å²) in [4.78, 5) is 53.2. The van der Waals surface area contributed by atoms with Gasteiger partial charge >= 0.3 is 6.18 Å². The van der Waals surface area contributed by atoms with Crippen LogP contribution in [0.15, 0.2) is 79.0 Å². The minimum atomic E-state index is -4.70. The fraction of sp³-hybridized carbons (Fsp3) is 0.364. The number of aryl methyl sites for hydroxylation is 1. The molecular formula is C44H45F3N6O6. The lowest BCUT2D eigenvalue weighted by Crippen LogP contribution is -2.42. The van der Waals surface area contributed by atoms with Gasteiger partial charge in [-0.1, -0.05) is 36.8 Å². The highest BCUT2D eigenvalue weighted by Gasteiger charge is 2.34. The molecule has 1 saturated carbocycles. The average Bonchev–Trinajstić information content (AvgIpc) is 3.62. The third-order valence-electron chi connectivity index (χ3n) is 10.9. The zero-order valence-electron chi connectivity index (χ0n) is 32.7. The number of ether oxygens (including phenoxy) is 1. The minimum Gasteiger partial charge on any atom is -0.456 e. The number of nitrogens with zero attached hydrogens (tertiary/aromatic N) is 3. The number of alkyl halides is 3. The third kappa shape index (κ3) is 9.52. The van der Waals surface area contributed by atoms with E-state index in [2.05, 4.69) is 20.9 Å². The summed E-state index contributed by atoms with van der Waals surface area (Å²) >= 11 is 0. The molecular weight excluding hydrogens is 766 g/mol. The van der Waals surface area contributed by atoms with E-state index in [0.29, 0.717) is 22.7 Å². The van der Waals surface area contributed by atoms with Crippen LogP contribution in [0.25, 0.3) is 10.9 Å². The molecule has 12 nitrogen and oxygen atoms in total. The summed E-state index contributed by atoms with van der Waals surface area (Å²) < 4.78 is 47.8. The van der Waals surface area contributed by atoms with Gasteiger partial charge in [-0.05, 0) is 126 Å². The highest BCUT2D eigenvalue weighted by Crippen LogP contribution is 2.37. The zero-order chi connectivity index (χ0) is 41.9. The van der Waals surface area contributed by atoms with Crippen molar-refractivity contribution in [3.8, 4) is 11.5 Å². The van der Waals surface area contributed by atoms with Gasteiger partial charge in [0, 0.05) is 28.4 Å². The number of anilines is 1. The van der Waals surface area contributed by atoms with E-state index < -0.39 is 46.7 Å². The molecule has 3 amide bonds. The Balaban J connectivity index is 0.871. The lowest BCUT2D eigenvalue weighted by atomic mass is 9.86. The van der Waals surface area contributed by atoms with Crippen molar-refractivity contribution in [2.75, 3.05) is 18.4 Å². The molecule has 2 aromatic heterocycles. The number of hydrogen-bond donors (Lipinski definition) is 4. The van der Waals surface area contributed by atoms with Gasteiger partial charge in [0.05, 0.1) is 22.7 Å². The fourth-order valence-corrected chi connectivity index (χ4v) is 7.77. The minimum absolute atomic E-state index is 0.0328. The number of hydrogen-bond acceptors (Lipinski definition) is 9. The van der Waals surface area contributed by atoms with Crippen LogP contribution in [0.4, 0.5) is 18.9 Å². The van der Waals surface area contributed by atoms with Crippen molar-refractivity contribution in [1.29, 1.82) is 0 Å². The largest absolute Gasteiger partial charge is 0.456 e. The molecule has 1 aliphatic heterocycles. The Labute approximate surface area is 338 Å². The van der Waals surface area contributed by atoms with Crippen LogP contribution >= 0.6 is 0 Å². The zero-order valence-corrected chi connectivity index (χ0v) is 32.7. The van der Waals surface area contributed by atoms with Crippen LogP contribution in [0.1, 0.15) is 113 Å².